The number of hydrogen-bond donors (Lipinski definition) is 2. The monoisotopic (exact) mass is 341 g/mol. The second-order valence-electron chi connectivity index (χ2n) is 5.77. The molecule has 3 aromatic rings. The van der Waals surface area contributed by atoms with E-state index in [0.717, 1.165) is 28.5 Å². The number of fused-ring (bicyclic) bond motifs is 1. The third kappa shape index (κ3) is 3.83. The van der Waals surface area contributed by atoms with E-state index < -0.39 is 23.3 Å². The first kappa shape index (κ1) is 17.0. The second-order valence-corrected chi connectivity index (χ2v) is 5.77. The van der Waals surface area contributed by atoms with Gasteiger partial charge in [0, 0.05) is 6.54 Å². The summed E-state index contributed by atoms with van der Waals surface area (Å²) in [6, 6.07) is 16.8. The topological polar surface area (TPSA) is 49.3 Å². The second kappa shape index (κ2) is 7.40. The van der Waals surface area contributed by atoms with E-state index in [-0.39, 0.29) is 18.9 Å². The van der Waals surface area contributed by atoms with Crippen molar-refractivity contribution in [2.45, 2.75) is 12.5 Å². The molecule has 5 heteroatoms. The van der Waals surface area contributed by atoms with Crippen LogP contribution < -0.4 is 5.32 Å². The van der Waals surface area contributed by atoms with E-state index >= 15 is 0 Å². The molecule has 0 aliphatic rings. The highest BCUT2D eigenvalue weighted by Gasteiger charge is 2.18. The summed E-state index contributed by atoms with van der Waals surface area (Å²) in [6.07, 6.45) is -1.33. The minimum absolute atomic E-state index is 0.119. The maximum Gasteiger partial charge on any atom is 0.224 e. The third-order valence-corrected chi connectivity index (χ3v) is 4.06. The Bertz CT molecular complexity index is 886. The quantitative estimate of drug-likeness (QED) is 0.746. The lowest BCUT2D eigenvalue weighted by Crippen LogP contribution is -2.30. The molecule has 128 valence electrons. The van der Waals surface area contributed by atoms with Crippen molar-refractivity contribution in [3.8, 4) is 0 Å². The Morgan fingerprint density at radius 3 is 2.36 bits per heavy atom. The molecule has 0 bridgehead atoms. The van der Waals surface area contributed by atoms with Gasteiger partial charge in [0.1, 0.15) is 17.7 Å². The van der Waals surface area contributed by atoms with Gasteiger partial charge in [-0.25, -0.2) is 8.78 Å². The molecule has 2 N–H and O–H groups in total. The minimum Gasteiger partial charge on any atom is -0.386 e. The van der Waals surface area contributed by atoms with E-state index in [1.807, 2.05) is 42.5 Å². The Labute approximate surface area is 143 Å². The van der Waals surface area contributed by atoms with Crippen LogP contribution in [-0.2, 0) is 11.2 Å². The van der Waals surface area contributed by atoms with Crippen LogP contribution in [0.3, 0.4) is 0 Å². The summed E-state index contributed by atoms with van der Waals surface area (Å²) in [5, 5.41) is 14.5. The van der Waals surface area contributed by atoms with Crippen LogP contribution in [0.2, 0.25) is 0 Å². The summed E-state index contributed by atoms with van der Waals surface area (Å²) >= 11 is 0. The van der Waals surface area contributed by atoms with Crippen molar-refractivity contribution in [1.29, 1.82) is 0 Å². The molecule has 0 aromatic heterocycles. The van der Waals surface area contributed by atoms with E-state index in [9.17, 15) is 18.7 Å². The number of hydrogen-bond acceptors (Lipinski definition) is 2. The van der Waals surface area contributed by atoms with Crippen molar-refractivity contribution >= 4 is 16.7 Å². The Morgan fingerprint density at radius 2 is 1.60 bits per heavy atom. The summed E-state index contributed by atoms with van der Waals surface area (Å²) in [5.41, 5.74) is 0.412. The van der Waals surface area contributed by atoms with Gasteiger partial charge >= 0.3 is 0 Å². The minimum atomic E-state index is -1.45. The van der Waals surface area contributed by atoms with E-state index in [4.69, 9.17) is 0 Å². The molecular formula is C20H17F2NO2. The van der Waals surface area contributed by atoms with Crippen LogP contribution in [0.5, 0.6) is 0 Å². The zero-order valence-corrected chi connectivity index (χ0v) is 13.4. The van der Waals surface area contributed by atoms with Crippen LogP contribution in [0.25, 0.3) is 10.8 Å². The van der Waals surface area contributed by atoms with Crippen LogP contribution in [0, 0.1) is 11.6 Å². The molecule has 0 radical (unpaired) electrons. The van der Waals surface area contributed by atoms with Gasteiger partial charge in [-0.15, -0.1) is 0 Å². The summed E-state index contributed by atoms with van der Waals surface area (Å²) < 4.78 is 27.3. The Morgan fingerprint density at radius 1 is 0.960 bits per heavy atom. The van der Waals surface area contributed by atoms with Crippen molar-refractivity contribution in [3.05, 3.63) is 83.4 Å². The first-order valence-electron chi connectivity index (χ1n) is 7.91. The zero-order valence-electron chi connectivity index (χ0n) is 13.4. The molecule has 25 heavy (non-hydrogen) atoms. The molecule has 0 saturated heterocycles. The van der Waals surface area contributed by atoms with E-state index in [2.05, 4.69) is 5.32 Å². The fraction of sp³-hybridized carbons (Fsp3) is 0.150. The van der Waals surface area contributed by atoms with E-state index in [0.29, 0.717) is 0 Å². The number of aliphatic hydroxyl groups excluding tert-OH is 1. The lowest BCUT2D eigenvalue weighted by Gasteiger charge is -2.14. The molecule has 1 atom stereocenters. The van der Waals surface area contributed by atoms with Crippen LogP contribution in [-0.4, -0.2) is 17.6 Å². The maximum absolute atomic E-state index is 13.6. The van der Waals surface area contributed by atoms with Crippen LogP contribution in [0.1, 0.15) is 17.2 Å². The number of rotatable bonds is 5. The van der Waals surface area contributed by atoms with Crippen molar-refractivity contribution in [3.63, 3.8) is 0 Å². The van der Waals surface area contributed by atoms with Gasteiger partial charge in [0.2, 0.25) is 5.91 Å². The molecular weight excluding hydrogens is 324 g/mol. The molecule has 1 amide bonds. The largest absolute Gasteiger partial charge is 0.386 e. The van der Waals surface area contributed by atoms with Crippen molar-refractivity contribution < 1.29 is 18.7 Å². The first-order valence-corrected chi connectivity index (χ1v) is 7.91. The molecule has 0 aliphatic heterocycles. The molecule has 3 aromatic carbocycles. The van der Waals surface area contributed by atoms with Crippen molar-refractivity contribution in [2.24, 2.45) is 0 Å². The van der Waals surface area contributed by atoms with Crippen LogP contribution >= 0.6 is 0 Å². The molecule has 0 aliphatic carbocycles. The molecule has 0 saturated carbocycles. The number of carbonyl (C=O) groups is 1. The van der Waals surface area contributed by atoms with Gasteiger partial charge in [-0.1, -0.05) is 48.5 Å². The van der Waals surface area contributed by atoms with Crippen molar-refractivity contribution in [2.75, 3.05) is 6.54 Å². The summed E-state index contributed by atoms with van der Waals surface area (Å²) in [6.45, 7) is -0.262. The third-order valence-electron chi connectivity index (χ3n) is 4.06. The van der Waals surface area contributed by atoms with Crippen LogP contribution in [0.15, 0.2) is 60.7 Å². The molecule has 0 fully saturated rings. The summed E-state index contributed by atoms with van der Waals surface area (Å²) in [7, 11) is 0. The molecule has 3 rings (SSSR count). The average molecular weight is 341 g/mol. The number of nitrogens with one attached hydrogen (secondary N) is 1. The lowest BCUT2D eigenvalue weighted by molar-refractivity contribution is -0.120. The van der Waals surface area contributed by atoms with Gasteiger partial charge in [-0.3, -0.25) is 4.79 Å². The van der Waals surface area contributed by atoms with Crippen LogP contribution in [0.4, 0.5) is 8.78 Å². The zero-order chi connectivity index (χ0) is 17.8. The molecule has 3 nitrogen and oxygen atoms in total. The average Bonchev–Trinajstić information content (AvgIpc) is 2.60. The van der Waals surface area contributed by atoms with Gasteiger partial charge in [-0.2, -0.15) is 0 Å². The predicted octanol–water partition coefficient (Wildman–Crippen LogP) is 3.51. The molecule has 1 unspecified atom stereocenters. The van der Waals surface area contributed by atoms with Crippen molar-refractivity contribution in [1.82, 2.24) is 5.32 Å². The standard InChI is InChI=1S/C20H17F2NO2/c21-16-9-4-10-17(22)20(16)18(24)12-23-19(25)11-14-7-3-6-13-5-1-2-8-15(13)14/h1-10,18,24H,11-12H2,(H,23,25). The van der Waals surface area contributed by atoms with Gasteiger partial charge in [0.15, 0.2) is 0 Å². The summed E-state index contributed by atoms with van der Waals surface area (Å²) in [5.74, 6) is -2.00. The highest BCUT2D eigenvalue weighted by atomic mass is 19.1. The Kier molecular flexibility index (Phi) is 5.05. The first-order chi connectivity index (χ1) is 12.1. The fourth-order valence-electron chi connectivity index (χ4n) is 2.82. The maximum atomic E-state index is 13.6. The molecule has 0 spiro atoms. The predicted molar refractivity (Wildman–Crippen MR) is 92.0 cm³/mol. The fourth-order valence-corrected chi connectivity index (χ4v) is 2.82. The van der Waals surface area contributed by atoms with Gasteiger partial charge in [0.05, 0.1) is 12.0 Å². The smallest absolute Gasteiger partial charge is 0.224 e. The summed E-state index contributed by atoms with van der Waals surface area (Å²) in [4.78, 5) is 12.2. The number of benzene rings is 3. The number of amides is 1. The normalized spacial score (nSPS) is 12.1. The van der Waals surface area contributed by atoms with Gasteiger partial charge in [0.25, 0.3) is 0 Å². The Hall–Kier alpha value is -2.79. The highest BCUT2D eigenvalue weighted by Crippen LogP contribution is 2.21. The highest BCUT2D eigenvalue weighted by molar-refractivity contribution is 5.90. The number of aliphatic hydroxyl groups is 1. The van der Waals surface area contributed by atoms with Gasteiger partial charge in [-0.05, 0) is 28.5 Å². The Balaban J connectivity index is 1.67. The SMILES string of the molecule is O=C(Cc1cccc2ccccc12)NCC(O)c1c(F)cccc1F. The number of halogens is 2. The molecule has 0 heterocycles. The number of carbonyl (C=O) groups excluding carboxylic acids is 1. The lowest BCUT2D eigenvalue weighted by atomic mass is 10.0. The van der Waals surface area contributed by atoms with E-state index in [1.165, 1.54) is 6.07 Å². The van der Waals surface area contributed by atoms with Gasteiger partial charge < -0.3 is 10.4 Å². The van der Waals surface area contributed by atoms with E-state index in [1.54, 1.807) is 0 Å².